The third kappa shape index (κ3) is 5.70. The highest BCUT2D eigenvalue weighted by Crippen LogP contribution is 2.18. The largest absolute Gasteiger partial charge is 0.341 e. The van der Waals surface area contributed by atoms with Crippen molar-refractivity contribution in [3.63, 3.8) is 0 Å². The fourth-order valence-electron chi connectivity index (χ4n) is 3.03. The Morgan fingerprint density at radius 3 is 2.72 bits per heavy atom. The molecule has 1 heterocycles. The summed E-state index contributed by atoms with van der Waals surface area (Å²) in [7, 11) is -1.80. The van der Waals surface area contributed by atoms with Crippen molar-refractivity contribution in [1.82, 2.24) is 14.9 Å². The number of thioether (sulfide) groups is 1. The van der Waals surface area contributed by atoms with E-state index in [1.807, 2.05) is 13.3 Å². The Kier molecular flexibility index (Phi) is 7.74. The van der Waals surface area contributed by atoms with Crippen molar-refractivity contribution in [3.8, 4) is 0 Å². The minimum Gasteiger partial charge on any atom is -0.341 e. The van der Waals surface area contributed by atoms with Gasteiger partial charge in [-0.25, -0.2) is 8.42 Å². The average molecular weight is 386 g/mol. The van der Waals surface area contributed by atoms with Gasteiger partial charge in [0.05, 0.1) is 4.90 Å². The van der Waals surface area contributed by atoms with Crippen LogP contribution in [0.25, 0.3) is 0 Å². The van der Waals surface area contributed by atoms with Gasteiger partial charge in [0, 0.05) is 13.1 Å². The van der Waals surface area contributed by atoms with Crippen LogP contribution in [0.3, 0.4) is 0 Å². The second-order valence-corrected chi connectivity index (χ2v) is 8.96. The number of sulfonamides is 1. The lowest BCUT2D eigenvalue weighted by molar-refractivity contribution is -0.132. The molecule has 2 atom stereocenters. The van der Waals surface area contributed by atoms with E-state index in [4.69, 9.17) is 0 Å². The Morgan fingerprint density at radius 2 is 2.08 bits per heavy atom. The fourth-order valence-corrected chi connectivity index (χ4v) is 4.75. The molecule has 1 fully saturated rings. The van der Waals surface area contributed by atoms with Gasteiger partial charge in [-0.2, -0.15) is 16.5 Å². The van der Waals surface area contributed by atoms with Gasteiger partial charge in [-0.3, -0.25) is 4.79 Å². The summed E-state index contributed by atoms with van der Waals surface area (Å²) in [6, 6.07) is 7.48. The number of amides is 1. The lowest BCUT2D eigenvalue weighted by Crippen LogP contribution is -2.48. The van der Waals surface area contributed by atoms with E-state index in [0.29, 0.717) is 25.4 Å². The molecule has 1 saturated heterocycles. The molecule has 0 bridgehead atoms. The topological polar surface area (TPSA) is 78.5 Å². The van der Waals surface area contributed by atoms with E-state index in [1.165, 1.54) is 12.1 Å². The first-order valence-corrected chi connectivity index (χ1v) is 11.4. The van der Waals surface area contributed by atoms with Crippen LogP contribution in [-0.2, 0) is 14.8 Å². The second kappa shape index (κ2) is 9.56. The highest BCUT2D eigenvalue weighted by molar-refractivity contribution is 7.98. The second-order valence-electron chi connectivity index (χ2n) is 6.27. The van der Waals surface area contributed by atoms with Crippen LogP contribution in [-0.4, -0.2) is 64.0 Å². The van der Waals surface area contributed by atoms with Crippen LogP contribution in [0.2, 0.25) is 0 Å². The highest BCUT2D eigenvalue weighted by Gasteiger charge is 2.32. The Labute approximate surface area is 154 Å². The normalized spacial score (nSPS) is 19.1. The van der Waals surface area contributed by atoms with Gasteiger partial charge in [-0.1, -0.05) is 18.2 Å². The molecule has 0 aromatic heterocycles. The molecule has 8 heteroatoms. The zero-order valence-electron chi connectivity index (χ0n) is 14.8. The maximum atomic E-state index is 12.9. The molecule has 6 nitrogen and oxygen atoms in total. The molecule has 25 heavy (non-hydrogen) atoms. The van der Waals surface area contributed by atoms with Gasteiger partial charge in [-0.05, 0) is 56.5 Å². The molecule has 0 aliphatic carbocycles. The number of likely N-dealkylation sites (tertiary alicyclic amines) is 1. The van der Waals surface area contributed by atoms with Crippen LogP contribution in [0.1, 0.15) is 12.8 Å². The molecule has 2 unspecified atom stereocenters. The van der Waals surface area contributed by atoms with E-state index in [1.54, 1.807) is 34.9 Å². The van der Waals surface area contributed by atoms with Crippen molar-refractivity contribution in [2.75, 3.05) is 38.7 Å². The van der Waals surface area contributed by atoms with Gasteiger partial charge in [0.1, 0.15) is 6.04 Å². The lowest BCUT2D eigenvalue weighted by Gasteiger charge is -2.24. The molecule has 1 aromatic carbocycles. The summed E-state index contributed by atoms with van der Waals surface area (Å²) in [6.45, 7) is 2.24. The first-order chi connectivity index (χ1) is 12.0. The molecular weight excluding hydrogens is 358 g/mol. The molecule has 1 amide bonds. The summed E-state index contributed by atoms with van der Waals surface area (Å²) in [5.74, 6) is 1.04. The van der Waals surface area contributed by atoms with Crippen LogP contribution in [0.4, 0.5) is 0 Å². The van der Waals surface area contributed by atoms with E-state index < -0.39 is 16.1 Å². The number of rotatable bonds is 9. The van der Waals surface area contributed by atoms with Gasteiger partial charge >= 0.3 is 0 Å². The Balaban J connectivity index is 2.09. The number of nitrogens with one attached hydrogen (secondary N) is 2. The maximum absolute atomic E-state index is 12.9. The van der Waals surface area contributed by atoms with E-state index in [-0.39, 0.29) is 10.8 Å². The number of hydrogen-bond acceptors (Lipinski definition) is 5. The number of carbonyl (C=O) groups excluding carboxylic acids is 1. The van der Waals surface area contributed by atoms with Crippen molar-refractivity contribution >= 4 is 27.7 Å². The molecule has 140 valence electrons. The van der Waals surface area contributed by atoms with Gasteiger partial charge in [0.2, 0.25) is 15.9 Å². The van der Waals surface area contributed by atoms with E-state index in [2.05, 4.69) is 10.0 Å². The number of carbonyl (C=O) groups is 1. The molecule has 1 aromatic rings. The van der Waals surface area contributed by atoms with Crippen LogP contribution in [0, 0.1) is 5.92 Å². The van der Waals surface area contributed by atoms with E-state index in [0.717, 1.165) is 18.7 Å². The maximum Gasteiger partial charge on any atom is 0.241 e. The van der Waals surface area contributed by atoms with E-state index in [9.17, 15) is 13.2 Å². The van der Waals surface area contributed by atoms with Gasteiger partial charge in [-0.15, -0.1) is 0 Å². The highest BCUT2D eigenvalue weighted by atomic mass is 32.2. The molecule has 0 spiro atoms. The summed E-state index contributed by atoms with van der Waals surface area (Å²) >= 11 is 1.60. The number of nitrogens with zero attached hydrogens (tertiary/aromatic N) is 1. The molecule has 1 aliphatic rings. The molecule has 2 rings (SSSR count). The zero-order chi connectivity index (χ0) is 18.3. The number of benzene rings is 1. The van der Waals surface area contributed by atoms with Crippen LogP contribution >= 0.6 is 11.8 Å². The Hall–Kier alpha value is -1.09. The molecule has 0 saturated carbocycles. The third-order valence-electron chi connectivity index (χ3n) is 4.35. The van der Waals surface area contributed by atoms with Gasteiger partial charge in [0.15, 0.2) is 0 Å². The summed E-state index contributed by atoms with van der Waals surface area (Å²) in [5, 5.41) is 3.14. The summed E-state index contributed by atoms with van der Waals surface area (Å²) in [5.41, 5.74) is 0. The van der Waals surface area contributed by atoms with Crippen LogP contribution < -0.4 is 10.0 Å². The predicted octanol–water partition coefficient (Wildman–Crippen LogP) is 1.15. The van der Waals surface area contributed by atoms with Gasteiger partial charge < -0.3 is 10.2 Å². The minimum atomic E-state index is -3.71. The first-order valence-electron chi connectivity index (χ1n) is 8.47. The number of hydrogen-bond donors (Lipinski definition) is 2. The first kappa shape index (κ1) is 20.2. The quantitative estimate of drug-likeness (QED) is 0.667. The van der Waals surface area contributed by atoms with E-state index >= 15 is 0 Å². The van der Waals surface area contributed by atoms with Crippen molar-refractivity contribution in [3.05, 3.63) is 30.3 Å². The molecule has 2 N–H and O–H groups in total. The van der Waals surface area contributed by atoms with Crippen molar-refractivity contribution in [1.29, 1.82) is 0 Å². The lowest BCUT2D eigenvalue weighted by atomic mass is 10.1. The fraction of sp³-hybridized carbons (Fsp3) is 0.588. The standard InChI is InChI=1S/C17H27N3O3S2/c1-18-12-14-8-10-20(13-14)17(21)16(9-11-24-2)19-25(22,23)15-6-4-3-5-7-15/h3-7,14,16,18-19H,8-13H2,1-2H3. The monoisotopic (exact) mass is 385 g/mol. The Morgan fingerprint density at radius 1 is 1.36 bits per heavy atom. The van der Waals surface area contributed by atoms with Crippen molar-refractivity contribution in [2.45, 2.75) is 23.8 Å². The molecule has 1 aliphatic heterocycles. The minimum absolute atomic E-state index is 0.118. The Bertz CT molecular complexity index is 652. The summed E-state index contributed by atoms with van der Waals surface area (Å²) < 4.78 is 27.8. The summed E-state index contributed by atoms with van der Waals surface area (Å²) in [4.78, 5) is 14.9. The van der Waals surface area contributed by atoms with Crippen molar-refractivity contribution < 1.29 is 13.2 Å². The molecular formula is C17H27N3O3S2. The summed E-state index contributed by atoms with van der Waals surface area (Å²) in [6.07, 6.45) is 3.39. The average Bonchev–Trinajstić information content (AvgIpc) is 3.07. The smallest absolute Gasteiger partial charge is 0.241 e. The SMILES string of the molecule is CNCC1CCN(C(=O)C(CCSC)NS(=O)(=O)c2ccccc2)C1. The predicted molar refractivity (Wildman–Crippen MR) is 102 cm³/mol. The van der Waals surface area contributed by atoms with Crippen LogP contribution in [0.15, 0.2) is 35.2 Å². The van der Waals surface area contributed by atoms with Crippen LogP contribution in [0.5, 0.6) is 0 Å². The van der Waals surface area contributed by atoms with Gasteiger partial charge in [0.25, 0.3) is 0 Å². The zero-order valence-corrected chi connectivity index (χ0v) is 16.4. The molecule has 0 radical (unpaired) electrons. The third-order valence-corrected chi connectivity index (χ3v) is 6.48. The van der Waals surface area contributed by atoms with Crippen molar-refractivity contribution in [2.24, 2.45) is 5.92 Å².